The third-order valence-electron chi connectivity index (χ3n) is 6.98. The van der Waals surface area contributed by atoms with Gasteiger partial charge in [-0.05, 0) is 59.4 Å². The van der Waals surface area contributed by atoms with Crippen LogP contribution in [0.1, 0.15) is 34.7 Å². The van der Waals surface area contributed by atoms with Crippen LogP contribution in [0.2, 0.25) is 0 Å². The van der Waals surface area contributed by atoms with Crippen molar-refractivity contribution in [3.8, 4) is 11.5 Å². The number of methoxy groups -OCH3 is 2. The van der Waals surface area contributed by atoms with Crippen molar-refractivity contribution in [3.63, 3.8) is 0 Å². The van der Waals surface area contributed by atoms with Crippen molar-refractivity contribution >= 4 is 28.8 Å². The van der Waals surface area contributed by atoms with Crippen LogP contribution in [0.25, 0.3) is 11.8 Å². The minimum absolute atomic E-state index is 0.157. The Bertz CT molecular complexity index is 1820. The number of allylic oxidation sites excluding steroid dienone is 1. The Morgan fingerprint density at radius 3 is 2.68 bits per heavy atom. The molecule has 0 bridgehead atoms. The van der Waals surface area contributed by atoms with E-state index in [4.69, 9.17) is 14.5 Å². The lowest BCUT2D eigenvalue weighted by Crippen LogP contribution is -2.38. The number of hydrogen-bond acceptors (Lipinski definition) is 7. The molecule has 2 heterocycles. The van der Waals surface area contributed by atoms with Crippen LogP contribution in [-0.4, -0.2) is 23.7 Å². The number of benzene rings is 3. The predicted octanol–water partition coefficient (Wildman–Crippen LogP) is 4.24. The molecular weight excluding hydrogens is 502 g/mol. The Balaban J connectivity index is 1.59. The van der Waals surface area contributed by atoms with Gasteiger partial charge in [-0.2, -0.15) is 0 Å². The first-order valence-corrected chi connectivity index (χ1v) is 12.9. The molecule has 6 rings (SSSR count). The van der Waals surface area contributed by atoms with Crippen LogP contribution >= 0.6 is 11.3 Å². The van der Waals surface area contributed by atoms with Gasteiger partial charge in [0.25, 0.3) is 5.56 Å². The van der Waals surface area contributed by atoms with E-state index in [1.54, 1.807) is 23.8 Å². The first-order chi connectivity index (χ1) is 18.5. The largest absolute Gasteiger partial charge is 0.497 e. The van der Waals surface area contributed by atoms with Gasteiger partial charge in [0.15, 0.2) is 10.6 Å². The van der Waals surface area contributed by atoms with Crippen molar-refractivity contribution in [1.82, 2.24) is 4.57 Å². The fraction of sp³-hybridized carbons (Fsp3) is 0.172. The fourth-order valence-corrected chi connectivity index (χ4v) is 6.23. The monoisotopic (exact) mass is 525 g/mol. The number of nitrogens with zero attached hydrogens (tertiary/aromatic N) is 3. The molecule has 0 spiro atoms. The Morgan fingerprint density at radius 2 is 1.89 bits per heavy atom. The first-order valence-electron chi connectivity index (χ1n) is 12.1. The number of aromatic nitrogens is 1. The lowest BCUT2D eigenvalue weighted by Gasteiger charge is -2.31. The molecule has 38 heavy (non-hydrogen) atoms. The summed E-state index contributed by atoms with van der Waals surface area (Å²) < 4.78 is 12.8. The number of nitro benzene ring substituents is 1. The molecule has 1 aliphatic heterocycles. The maximum absolute atomic E-state index is 13.9. The smallest absolute Gasteiger partial charge is 0.311 e. The molecule has 2 aliphatic rings. The summed E-state index contributed by atoms with van der Waals surface area (Å²) in [5.41, 5.74) is 5.46. The normalized spacial score (nSPS) is 16.3. The van der Waals surface area contributed by atoms with Crippen LogP contribution < -0.4 is 24.4 Å². The van der Waals surface area contributed by atoms with Gasteiger partial charge in [-0.1, -0.05) is 53.8 Å². The molecule has 0 saturated carbocycles. The summed E-state index contributed by atoms with van der Waals surface area (Å²) >= 11 is 1.28. The standard InChI is InChI=1S/C29H23N3O5S/c1-36-20-8-5-7-19(16-20)27-22-12-11-18-6-3-4-9-21(18)26(22)30-29-31(27)28(33)25(38-29)15-17-10-13-24(37-2)23(14-17)32(34)35/h3-10,13-16,27H,11-12H2,1-2H3/b25-15+. The molecule has 3 aromatic carbocycles. The van der Waals surface area contributed by atoms with Crippen molar-refractivity contribution in [1.29, 1.82) is 0 Å². The van der Waals surface area contributed by atoms with Crippen molar-refractivity contribution < 1.29 is 14.4 Å². The summed E-state index contributed by atoms with van der Waals surface area (Å²) in [4.78, 5) is 30.5. The molecule has 1 atom stereocenters. The first kappa shape index (κ1) is 23.9. The second-order valence-electron chi connectivity index (χ2n) is 9.08. The fourth-order valence-electron chi connectivity index (χ4n) is 5.22. The molecule has 0 N–H and O–H groups in total. The number of rotatable bonds is 5. The van der Waals surface area contributed by atoms with Gasteiger partial charge in [0.2, 0.25) is 0 Å². The van der Waals surface area contributed by atoms with Crippen LogP contribution in [0.3, 0.4) is 0 Å². The molecule has 9 heteroatoms. The Morgan fingerprint density at radius 1 is 1.05 bits per heavy atom. The SMILES string of the molecule is COc1cccc(C2C3=C(N=c4s/c(=C/c5ccc(OC)c([N+](=O)[O-])c5)c(=O)n42)c2ccccc2CC3)c1. The minimum atomic E-state index is -0.494. The maximum Gasteiger partial charge on any atom is 0.311 e. The van der Waals surface area contributed by atoms with Crippen LogP contribution in [-0.2, 0) is 6.42 Å². The highest BCUT2D eigenvalue weighted by molar-refractivity contribution is 7.07. The van der Waals surface area contributed by atoms with Gasteiger partial charge in [0, 0.05) is 11.6 Å². The van der Waals surface area contributed by atoms with Gasteiger partial charge in [-0.3, -0.25) is 19.5 Å². The zero-order valence-electron chi connectivity index (χ0n) is 20.7. The molecule has 0 fully saturated rings. The minimum Gasteiger partial charge on any atom is -0.497 e. The summed E-state index contributed by atoms with van der Waals surface area (Å²) in [5, 5.41) is 11.5. The topological polar surface area (TPSA) is 96.0 Å². The quantitative estimate of drug-likeness (QED) is 0.287. The molecule has 1 aliphatic carbocycles. The molecule has 0 radical (unpaired) electrons. The highest BCUT2D eigenvalue weighted by Gasteiger charge is 2.32. The lowest BCUT2D eigenvalue weighted by atomic mass is 9.83. The van der Waals surface area contributed by atoms with Gasteiger partial charge in [0.05, 0.1) is 35.4 Å². The van der Waals surface area contributed by atoms with Gasteiger partial charge in [0.1, 0.15) is 5.75 Å². The van der Waals surface area contributed by atoms with Gasteiger partial charge >= 0.3 is 5.69 Å². The molecule has 190 valence electrons. The van der Waals surface area contributed by atoms with E-state index in [0.717, 1.165) is 35.2 Å². The van der Waals surface area contributed by atoms with E-state index in [-0.39, 0.29) is 23.0 Å². The summed E-state index contributed by atoms with van der Waals surface area (Å²) in [6.45, 7) is 0. The molecule has 0 saturated heterocycles. The van der Waals surface area contributed by atoms with Crippen LogP contribution in [0.15, 0.2) is 82.1 Å². The third kappa shape index (κ3) is 3.92. The van der Waals surface area contributed by atoms with E-state index in [1.807, 2.05) is 36.4 Å². The summed E-state index contributed by atoms with van der Waals surface area (Å²) in [5.74, 6) is 0.878. The molecule has 0 amide bonds. The highest BCUT2D eigenvalue weighted by Crippen LogP contribution is 2.41. The number of aryl methyl sites for hydroxylation is 1. The molecular formula is C29H23N3O5S. The molecule has 4 aromatic rings. The van der Waals surface area contributed by atoms with E-state index in [9.17, 15) is 14.9 Å². The van der Waals surface area contributed by atoms with E-state index in [1.165, 1.54) is 36.1 Å². The summed E-state index contributed by atoms with van der Waals surface area (Å²) in [6.07, 6.45) is 3.33. The number of nitro groups is 1. The number of hydrogen-bond donors (Lipinski definition) is 0. The van der Waals surface area contributed by atoms with E-state index in [2.05, 4.69) is 12.1 Å². The number of ether oxygens (including phenoxy) is 2. The Kier molecular flexibility index (Phi) is 5.92. The van der Waals surface area contributed by atoms with Gasteiger partial charge in [-0.25, -0.2) is 4.99 Å². The summed E-state index contributed by atoms with van der Waals surface area (Å²) in [7, 11) is 3.01. The van der Waals surface area contributed by atoms with Crippen molar-refractivity contribution in [3.05, 3.63) is 124 Å². The average Bonchev–Trinajstić information content (AvgIpc) is 3.25. The van der Waals surface area contributed by atoms with Crippen molar-refractivity contribution in [2.24, 2.45) is 4.99 Å². The van der Waals surface area contributed by atoms with Crippen LogP contribution in [0.5, 0.6) is 11.5 Å². The van der Waals surface area contributed by atoms with Gasteiger partial charge < -0.3 is 9.47 Å². The number of thiazole rings is 1. The third-order valence-corrected chi connectivity index (χ3v) is 7.96. The van der Waals surface area contributed by atoms with Crippen molar-refractivity contribution in [2.45, 2.75) is 18.9 Å². The molecule has 8 nitrogen and oxygen atoms in total. The van der Waals surface area contributed by atoms with E-state index in [0.29, 0.717) is 20.6 Å². The highest BCUT2D eigenvalue weighted by atomic mass is 32.1. The lowest BCUT2D eigenvalue weighted by molar-refractivity contribution is -0.385. The Labute approximate surface area is 221 Å². The Hall–Kier alpha value is -4.50. The molecule has 1 unspecified atom stereocenters. The predicted molar refractivity (Wildman–Crippen MR) is 145 cm³/mol. The second kappa shape index (κ2) is 9.42. The van der Waals surface area contributed by atoms with Crippen LogP contribution in [0.4, 0.5) is 5.69 Å². The van der Waals surface area contributed by atoms with Crippen molar-refractivity contribution in [2.75, 3.05) is 14.2 Å². The van der Waals surface area contributed by atoms with Crippen LogP contribution in [0, 0.1) is 10.1 Å². The van der Waals surface area contributed by atoms with Gasteiger partial charge in [-0.15, -0.1) is 0 Å². The summed E-state index contributed by atoms with van der Waals surface area (Å²) in [6, 6.07) is 20.4. The second-order valence-corrected chi connectivity index (χ2v) is 10.1. The molecule has 1 aromatic heterocycles. The van der Waals surface area contributed by atoms with E-state index >= 15 is 0 Å². The maximum atomic E-state index is 13.9. The van der Waals surface area contributed by atoms with E-state index < -0.39 is 4.92 Å². The zero-order valence-corrected chi connectivity index (χ0v) is 21.5. The average molecular weight is 526 g/mol. The zero-order chi connectivity index (χ0) is 26.4. The number of fused-ring (bicyclic) bond motifs is 3.